The molecule has 0 aliphatic carbocycles. The summed E-state index contributed by atoms with van der Waals surface area (Å²) in [5.74, 6) is 0.806. The van der Waals surface area contributed by atoms with Crippen LogP contribution in [-0.4, -0.2) is 57.0 Å². The lowest BCUT2D eigenvalue weighted by atomic mass is 9.89. The Morgan fingerprint density at radius 1 is 1.26 bits per heavy atom. The topological polar surface area (TPSA) is 96.8 Å². The van der Waals surface area contributed by atoms with Crippen molar-refractivity contribution in [2.45, 2.75) is 38.6 Å². The summed E-state index contributed by atoms with van der Waals surface area (Å²) in [6.07, 6.45) is 6.53. The summed E-state index contributed by atoms with van der Waals surface area (Å²) in [6.45, 7) is 5.57. The summed E-state index contributed by atoms with van der Waals surface area (Å²) >= 11 is 0. The van der Waals surface area contributed by atoms with E-state index in [2.05, 4.69) is 10.1 Å². The molecular formula is C23H30N6O2. The molecule has 8 heteroatoms. The molecule has 1 aromatic carbocycles. The van der Waals surface area contributed by atoms with Gasteiger partial charge in [-0.3, -0.25) is 19.2 Å². The molecule has 2 aromatic rings. The highest BCUT2D eigenvalue weighted by Gasteiger charge is 2.45. The van der Waals surface area contributed by atoms with Crippen LogP contribution >= 0.6 is 0 Å². The number of carbonyl (C=O) groups excluding carboxylic acids is 2. The van der Waals surface area contributed by atoms with Crippen LogP contribution < -0.4 is 5.73 Å². The molecule has 2 aliphatic heterocycles. The van der Waals surface area contributed by atoms with E-state index in [1.807, 2.05) is 49.3 Å². The Bertz CT molecular complexity index is 1020. The molecule has 0 spiro atoms. The third-order valence-corrected chi connectivity index (χ3v) is 6.56. The van der Waals surface area contributed by atoms with Crippen LogP contribution in [0.15, 0.2) is 41.7 Å². The Kier molecular flexibility index (Phi) is 5.56. The zero-order chi connectivity index (χ0) is 22.2. The van der Waals surface area contributed by atoms with E-state index >= 15 is 0 Å². The third kappa shape index (κ3) is 4.06. The van der Waals surface area contributed by atoms with Gasteiger partial charge in [-0.05, 0) is 49.3 Å². The largest absolute Gasteiger partial charge is 0.369 e. The van der Waals surface area contributed by atoms with E-state index in [-0.39, 0.29) is 17.8 Å². The van der Waals surface area contributed by atoms with Crippen molar-refractivity contribution in [1.82, 2.24) is 19.6 Å². The van der Waals surface area contributed by atoms with Gasteiger partial charge in [0.05, 0.1) is 6.20 Å². The van der Waals surface area contributed by atoms with Gasteiger partial charge in [0.2, 0.25) is 5.91 Å². The van der Waals surface area contributed by atoms with Crippen molar-refractivity contribution >= 4 is 17.8 Å². The number of aliphatic imine (C=N–C) groups is 1. The van der Waals surface area contributed by atoms with Crippen LogP contribution in [0.2, 0.25) is 0 Å². The standard InChI is InChI=1S/C23H30N6O2/c1-16(30)28-10-7-17(8-11-28)9-12-29-21(31)23(2,26-22(29)24)20-6-4-5-18(13-20)19-14-25-27(3)15-19/h4-6,13-15,17H,7-12H2,1-3H3,(H2,24,26). The quantitative estimate of drug-likeness (QED) is 0.798. The second-order valence-corrected chi connectivity index (χ2v) is 8.72. The van der Waals surface area contributed by atoms with Crippen molar-refractivity contribution in [3.63, 3.8) is 0 Å². The zero-order valence-electron chi connectivity index (χ0n) is 18.4. The third-order valence-electron chi connectivity index (χ3n) is 6.56. The molecule has 164 valence electrons. The van der Waals surface area contributed by atoms with Crippen molar-refractivity contribution < 1.29 is 9.59 Å². The first-order valence-electron chi connectivity index (χ1n) is 10.8. The molecule has 2 amide bonds. The number of aromatic nitrogens is 2. The van der Waals surface area contributed by atoms with Crippen molar-refractivity contribution in [3.05, 3.63) is 42.2 Å². The van der Waals surface area contributed by atoms with Gasteiger partial charge in [0.15, 0.2) is 11.5 Å². The van der Waals surface area contributed by atoms with Gasteiger partial charge in [-0.1, -0.05) is 18.2 Å². The van der Waals surface area contributed by atoms with Crippen LogP contribution in [-0.2, 0) is 22.2 Å². The SMILES string of the molecule is CC(=O)N1CCC(CCN2C(=O)C(C)(c3cccc(-c4cnn(C)c4)c3)N=C2N)CC1. The Morgan fingerprint density at radius 2 is 2.00 bits per heavy atom. The maximum absolute atomic E-state index is 13.4. The van der Waals surface area contributed by atoms with E-state index in [1.165, 1.54) is 0 Å². The average molecular weight is 423 g/mol. The first-order valence-corrected chi connectivity index (χ1v) is 10.8. The van der Waals surface area contributed by atoms with Crippen molar-refractivity contribution in [2.24, 2.45) is 23.7 Å². The van der Waals surface area contributed by atoms with E-state index in [1.54, 1.807) is 22.7 Å². The van der Waals surface area contributed by atoms with Gasteiger partial charge >= 0.3 is 0 Å². The molecule has 0 bridgehead atoms. The fourth-order valence-corrected chi connectivity index (χ4v) is 4.53. The van der Waals surface area contributed by atoms with Crippen LogP contribution in [0.3, 0.4) is 0 Å². The Labute approximate surface area is 182 Å². The first kappa shape index (κ1) is 21.1. The minimum absolute atomic E-state index is 0.0884. The maximum Gasteiger partial charge on any atom is 0.261 e. The molecule has 8 nitrogen and oxygen atoms in total. The summed E-state index contributed by atoms with van der Waals surface area (Å²) < 4.78 is 1.75. The normalized spacial score (nSPS) is 22.2. The highest BCUT2D eigenvalue weighted by molar-refractivity contribution is 6.07. The second-order valence-electron chi connectivity index (χ2n) is 8.72. The van der Waals surface area contributed by atoms with Crippen molar-refractivity contribution in [3.8, 4) is 11.1 Å². The van der Waals surface area contributed by atoms with Crippen LogP contribution in [0.1, 0.15) is 38.7 Å². The van der Waals surface area contributed by atoms with Gasteiger partial charge < -0.3 is 10.6 Å². The molecule has 1 atom stereocenters. The van der Waals surface area contributed by atoms with Gasteiger partial charge in [-0.25, -0.2) is 4.99 Å². The summed E-state index contributed by atoms with van der Waals surface area (Å²) in [7, 11) is 1.88. The molecule has 3 heterocycles. The second kappa shape index (κ2) is 8.17. The van der Waals surface area contributed by atoms with Crippen LogP contribution in [0.25, 0.3) is 11.1 Å². The van der Waals surface area contributed by atoms with E-state index in [4.69, 9.17) is 5.73 Å². The molecule has 1 saturated heterocycles. The predicted octanol–water partition coefficient (Wildman–Crippen LogP) is 2.11. The summed E-state index contributed by atoms with van der Waals surface area (Å²) in [5, 5.41) is 4.23. The molecule has 2 aliphatic rings. The molecule has 1 unspecified atom stereocenters. The smallest absolute Gasteiger partial charge is 0.261 e. The molecule has 4 rings (SSSR count). The number of nitrogens with zero attached hydrogens (tertiary/aromatic N) is 5. The highest BCUT2D eigenvalue weighted by atomic mass is 16.2. The number of likely N-dealkylation sites (tertiary alicyclic amines) is 1. The number of amides is 2. The van der Waals surface area contributed by atoms with Crippen molar-refractivity contribution in [2.75, 3.05) is 19.6 Å². The molecule has 0 radical (unpaired) electrons. The van der Waals surface area contributed by atoms with E-state index < -0.39 is 5.54 Å². The monoisotopic (exact) mass is 422 g/mol. The number of nitrogens with two attached hydrogens (primary N) is 1. The molecule has 2 N–H and O–H groups in total. The molecule has 1 aromatic heterocycles. The molecule has 1 fully saturated rings. The van der Waals surface area contributed by atoms with Crippen molar-refractivity contribution in [1.29, 1.82) is 0 Å². The predicted molar refractivity (Wildman–Crippen MR) is 119 cm³/mol. The number of hydrogen-bond acceptors (Lipinski definition) is 5. The Hall–Kier alpha value is -3.16. The van der Waals surface area contributed by atoms with E-state index in [9.17, 15) is 9.59 Å². The number of carbonyl (C=O) groups is 2. The number of piperidine rings is 1. The fraction of sp³-hybridized carbons (Fsp3) is 0.478. The molecular weight excluding hydrogens is 392 g/mol. The number of hydrogen-bond donors (Lipinski definition) is 1. The summed E-state index contributed by atoms with van der Waals surface area (Å²) in [5.41, 5.74) is 7.97. The number of benzene rings is 1. The van der Waals surface area contributed by atoms with Gasteiger partial charge in [0, 0.05) is 45.4 Å². The van der Waals surface area contributed by atoms with Gasteiger partial charge in [-0.2, -0.15) is 5.10 Å². The van der Waals surface area contributed by atoms with Crippen LogP contribution in [0.5, 0.6) is 0 Å². The molecule has 0 saturated carbocycles. The zero-order valence-corrected chi connectivity index (χ0v) is 18.4. The van der Waals surface area contributed by atoms with Gasteiger partial charge in [0.25, 0.3) is 5.91 Å². The number of aryl methyl sites for hydroxylation is 1. The van der Waals surface area contributed by atoms with Gasteiger partial charge in [0.1, 0.15) is 0 Å². The van der Waals surface area contributed by atoms with Crippen LogP contribution in [0.4, 0.5) is 0 Å². The maximum atomic E-state index is 13.4. The lowest BCUT2D eigenvalue weighted by Gasteiger charge is -2.32. The number of rotatable bonds is 5. The summed E-state index contributed by atoms with van der Waals surface area (Å²) in [4.78, 5) is 33.0. The van der Waals surface area contributed by atoms with E-state index in [0.29, 0.717) is 12.5 Å². The number of guanidine groups is 1. The highest BCUT2D eigenvalue weighted by Crippen LogP contribution is 2.35. The lowest BCUT2D eigenvalue weighted by molar-refractivity contribution is -0.131. The minimum atomic E-state index is -1.03. The Balaban J connectivity index is 1.45. The fourth-order valence-electron chi connectivity index (χ4n) is 4.53. The van der Waals surface area contributed by atoms with Crippen LogP contribution in [0, 0.1) is 5.92 Å². The van der Waals surface area contributed by atoms with E-state index in [0.717, 1.165) is 49.0 Å². The molecule has 31 heavy (non-hydrogen) atoms. The summed E-state index contributed by atoms with van der Waals surface area (Å²) in [6, 6.07) is 7.86. The minimum Gasteiger partial charge on any atom is -0.369 e. The lowest BCUT2D eigenvalue weighted by Crippen LogP contribution is -2.43. The Morgan fingerprint density at radius 3 is 2.65 bits per heavy atom. The first-order chi connectivity index (χ1) is 14.8. The van der Waals surface area contributed by atoms with Gasteiger partial charge in [-0.15, -0.1) is 0 Å². The average Bonchev–Trinajstić information content (AvgIpc) is 3.28.